The quantitative estimate of drug-likeness (QED) is 0.546. The highest BCUT2D eigenvalue weighted by molar-refractivity contribution is 8.00. The van der Waals surface area contributed by atoms with Crippen LogP contribution in [0.5, 0.6) is 0 Å². The van der Waals surface area contributed by atoms with Crippen molar-refractivity contribution in [3.05, 3.63) is 65.2 Å². The predicted molar refractivity (Wildman–Crippen MR) is 126 cm³/mol. The Morgan fingerprint density at radius 2 is 1.73 bits per heavy atom. The Balaban J connectivity index is 2.18. The molecule has 0 aliphatic heterocycles. The van der Waals surface area contributed by atoms with Gasteiger partial charge < -0.3 is 10.2 Å². The molecule has 0 radical (unpaired) electrons. The van der Waals surface area contributed by atoms with Crippen LogP contribution in [-0.2, 0) is 16.1 Å². The monoisotopic (exact) mass is 426 g/mol. The number of carbonyl (C=O) groups excluding carboxylic acids is 2. The van der Waals surface area contributed by atoms with Crippen LogP contribution in [0.4, 0.5) is 0 Å². The second-order valence-electron chi connectivity index (χ2n) is 8.18. The van der Waals surface area contributed by atoms with Gasteiger partial charge in [-0.2, -0.15) is 0 Å². The maximum absolute atomic E-state index is 13.2. The summed E-state index contributed by atoms with van der Waals surface area (Å²) in [6, 6.07) is 15.8. The van der Waals surface area contributed by atoms with E-state index in [1.54, 1.807) is 4.90 Å². The highest BCUT2D eigenvalue weighted by atomic mass is 32.2. The lowest BCUT2D eigenvalue weighted by atomic mass is 10.1. The molecule has 0 spiro atoms. The molecule has 1 atom stereocenters. The molecule has 0 unspecified atom stereocenters. The van der Waals surface area contributed by atoms with E-state index in [0.29, 0.717) is 31.2 Å². The maximum atomic E-state index is 13.2. The van der Waals surface area contributed by atoms with Crippen molar-refractivity contribution in [2.45, 2.75) is 58.5 Å². The number of aryl methyl sites for hydroxylation is 2. The average molecular weight is 427 g/mol. The molecule has 30 heavy (non-hydrogen) atoms. The molecule has 0 fully saturated rings. The molecule has 2 amide bonds. The molecule has 5 heteroatoms. The van der Waals surface area contributed by atoms with Gasteiger partial charge in [0, 0.05) is 18.0 Å². The van der Waals surface area contributed by atoms with Gasteiger partial charge in [-0.05, 0) is 43.9 Å². The molecule has 0 heterocycles. The first-order valence-corrected chi connectivity index (χ1v) is 11.6. The van der Waals surface area contributed by atoms with Crippen LogP contribution in [0.1, 0.15) is 43.9 Å². The molecule has 0 aliphatic carbocycles. The van der Waals surface area contributed by atoms with E-state index in [-0.39, 0.29) is 11.8 Å². The van der Waals surface area contributed by atoms with E-state index in [1.807, 2.05) is 63.2 Å². The smallest absolute Gasteiger partial charge is 0.242 e. The fourth-order valence-electron chi connectivity index (χ4n) is 3.21. The number of nitrogens with zero attached hydrogens (tertiary/aromatic N) is 1. The average Bonchev–Trinajstić information content (AvgIpc) is 2.71. The first kappa shape index (κ1) is 24.0. The Labute approximate surface area is 185 Å². The van der Waals surface area contributed by atoms with Crippen LogP contribution >= 0.6 is 11.8 Å². The molecule has 0 saturated carbocycles. The molecule has 162 valence electrons. The Hall–Kier alpha value is -2.27. The number of rotatable bonds is 10. The predicted octanol–water partition coefficient (Wildman–Crippen LogP) is 4.98. The van der Waals surface area contributed by atoms with Crippen molar-refractivity contribution < 1.29 is 9.59 Å². The van der Waals surface area contributed by atoms with Crippen LogP contribution in [0, 0.1) is 19.8 Å². The van der Waals surface area contributed by atoms with Crippen molar-refractivity contribution in [1.29, 1.82) is 0 Å². The Morgan fingerprint density at radius 1 is 1.03 bits per heavy atom. The summed E-state index contributed by atoms with van der Waals surface area (Å²) in [5, 5.41) is 3.01. The van der Waals surface area contributed by atoms with Crippen molar-refractivity contribution >= 4 is 23.6 Å². The minimum Gasteiger partial charge on any atom is -0.354 e. The minimum absolute atomic E-state index is 0.0198. The summed E-state index contributed by atoms with van der Waals surface area (Å²) < 4.78 is 0. The second-order valence-corrected chi connectivity index (χ2v) is 9.22. The van der Waals surface area contributed by atoms with E-state index in [0.717, 1.165) is 16.0 Å². The zero-order valence-corrected chi connectivity index (χ0v) is 19.6. The van der Waals surface area contributed by atoms with Crippen LogP contribution < -0.4 is 5.32 Å². The summed E-state index contributed by atoms with van der Waals surface area (Å²) in [6.45, 7) is 11.2. The lowest BCUT2D eigenvalue weighted by Crippen LogP contribution is -2.50. The third-order valence-corrected chi connectivity index (χ3v) is 5.89. The van der Waals surface area contributed by atoms with Crippen LogP contribution in [0.2, 0.25) is 0 Å². The number of hydrogen-bond acceptors (Lipinski definition) is 3. The molecule has 2 rings (SSSR count). The third kappa shape index (κ3) is 7.52. The summed E-state index contributed by atoms with van der Waals surface area (Å²) >= 11 is 1.51. The van der Waals surface area contributed by atoms with E-state index in [9.17, 15) is 9.59 Å². The van der Waals surface area contributed by atoms with Gasteiger partial charge in [0.2, 0.25) is 11.8 Å². The van der Waals surface area contributed by atoms with Gasteiger partial charge >= 0.3 is 0 Å². The van der Waals surface area contributed by atoms with Crippen LogP contribution in [0.15, 0.2) is 53.4 Å². The molecule has 0 aromatic heterocycles. The van der Waals surface area contributed by atoms with Crippen molar-refractivity contribution in [2.75, 3.05) is 12.3 Å². The molecule has 1 N–H and O–H groups in total. The van der Waals surface area contributed by atoms with E-state index in [2.05, 4.69) is 25.2 Å². The molecule has 2 aromatic rings. The molecule has 2 aromatic carbocycles. The van der Waals surface area contributed by atoms with Crippen LogP contribution in [-0.4, -0.2) is 35.1 Å². The third-order valence-electron chi connectivity index (χ3n) is 4.89. The number of amides is 2. The number of nitrogens with one attached hydrogen (secondary N) is 1. The summed E-state index contributed by atoms with van der Waals surface area (Å²) in [7, 11) is 0. The van der Waals surface area contributed by atoms with Gasteiger partial charge in [-0.15, -0.1) is 11.8 Å². The molecule has 0 saturated heterocycles. The lowest BCUT2D eigenvalue weighted by Gasteiger charge is -2.31. The molecule has 4 nitrogen and oxygen atoms in total. The van der Waals surface area contributed by atoms with Gasteiger partial charge in [0.25, 0.3) is 0 Å². The SMILES string of the molecule is CC[C@H](C(=O)NCC(C)C)N(Cc1cccc(C)c1)C(=O)CSc1ccc(C)cc1. The van der Waals surface area contributed by atoms with Gasteiger partial charge in [0.1, 0.15) is 6.04 Å². The zero-order valence-electron chi connectivity index (χ0n) is 18.8. The highest BCUT2D eigenvalue weighted by Crippen LogP contribution is 2.21. The van der Waals surface area contributed by atoms with Gasteiger partial charge in [-0.25, -0.2) is 0 Å². The highest BCUT2D eigenvalue weighted by Gasteiger charge is 2.28. The molecular weight excluding hydrogens is 392 g/mol. The van der Waals surface area contributed by atoms with Gasteiger partial charge in [-0.1, -0.05) is 68.3 Å². The van der Waals surface area contributed by atoms with Crippen LogP contribution in [0.25, 0.3) is 0 Å². The van der Waals surface area contributed by atoms with E-state index in [4.69, 9.17) is 0 Å². The van der Waals surface area contributed by atoms with Crippen molar-refractivity contribution in [3.63, 3.8) is 0 Å². The summed E-state index contributed by atoms with van der Waals surface area (Å²) in [5.74, 6) is 0.577. The van der Waals surface area contributed by atoms with E-state index in [1.165, 1.54) is 17.3 Å². The summed E-state index contributed by atoms with van der Waals surface area (Å²) in [4.78, 5) is 28.9. The standard InChI is InChI=1S/C25H34N2O2S/c1-6-23(25(29)26-15-18(2)3)27(16-21-9-7-8-20(5)14-21)24(28)17-30-22-12-10-19(4)11-13-22/h7-14,18,23H,6,15-17H2,1-5H3,(H,26,29)/t23-/m1/s1. The Morgan fingerprint density at radius 3 is 2.33 bits per heavy atom. The largest absolute Gasteiger partial charge is 0.354 e. The molecular formula is C25H34N2O2S. The number of carbonyl (C=O) groups is 2. The summed E-state index contributed by atoms with van der Waals surface area (Å²) in [6.07, 6.45) is 0.580. The number of thioether (sulfide) groups is 1. The number of benzene rings is 2. The molecule has 0 bridgehead atoms. The molecule has 0 aliphatic rings. The van der Waals surface area contributed by atoms with Gasteiger partial charge in [0.05, 0.1) is 5.75 Å². The fourth-order valence-corrected chi connectivity index (χ4v) is 4.00. The van der Waals surface area contributed by atoms with Crippen molar-refractivity contribution in [2.24, 2.45) is 5.92 Å². The first-order chi connectivity index (χ1) is 14.3. The van der Waals surface area contributed by atoms with Gasteiger partial charge in [-0.3, -0.25) is 9.59 Å². The van der Waals surface area contributed by atoms with Crippen molar-refractivity contribution in [1.82, 2.24) is 10.2 Å². The fraction of sp³-hybridized carbons (Fsp3) is 0.440. The van der Waals surface area contributed by atoms with E-state index < -0.39 is 6.04 Å². The maximum Gasteiger partial charge on any atom is 0.242 e. The number of hydrogen-bond donors (Lipinski definition) is 1. The van der Waals surface area contributed by atoms with E-state index >= 15 is 0 Å². The summed E-state index contributed by atoms with van der Waals surface area (Å²) in [5.41, 5.74) is 3.38. The Bertz CT molecular complexity index is 833. The topological polar surface area (TPSA) is 49.4 Å². The second kappa shape index (κ2) is 11.8. The van der Waals surface area contributed by atoms with Crippen molar-refractivity contribution in [3.8, 4) is 0 Å². The minimum atomic E-state index is -0.476. The first-order valence-electron chi connectivity index (χ1n) is 10.6. The Kier molecular flexibility index (Phi) is 9.44. The normalized spacial score (nSPS) is 11.9. The zero-order chi connectivity index (χ0) is 22.1. The van der Waals surface area contributed by atoms with Crippen LogP contribution in [0.3, 0.4) is 0 Å². The van der Waals surface area contributed by atoms with Gasteiger partial charge in [0.15, 0.2) is 0 Å². The lowest BCUT2D eigenvalue weighted by molar-refractivity contribution is -0.139.